The second-order valence-corrected chi connectivity index (χ2v) is 6.13. The van der Waals surface area contributed by atoms with Crippen molar-refractivity contribution in [3.63, 3.8) is 0 Å². The summed E-state index contributed by atoms with van der Waals surface area (Å²) in [4.78, 5) is 21.2. The maximum absolute atomic E-state index is 10.7. The molecule has 0 radical (unpaired) electrons. The van der Waals surface area contributed by atoms with Crippen LogP contribution in [-0.4, -0.2) is 34.7 Å². The zero-order valence-corrected chi connectivity index (χ0v) is 13.4. The van der Waals surface area contributed by atoms with E-state index in [-0.39, 0.29) is 11.9 Å². The summed E-state index contributed by atoms with van der Waals surface area (Å²) in [6.45, 7) is 7.90. The Labute approximate surface area is 130 Å². The topological polar surface area (TPSA) is 93.1 Å². The molecule has 0 bridgehead atoms. The van der Waals surface area contributed by atoms with Gasteiger partial charge in [0.15, 0.2) is 0 Å². The molecule has 124 valence electrons. The van der Waals surface area contributed by atoms with Crippen molar-refractivity contribution in [3.05, 3.63) is 23.3 Å². The molecule has 1 saturated heterocycles. The Morgan fingerprint density at radius 2 is 1.95 bits per heavy atom. The normalized spacial score (nSPS) is 26.9. The zero-order valence-electron chi connectivity index (χ0n) is 13.4. The first-order valence-electron chi connectivity index (χ1n) is 7.31. The Kier molecular flexibility index (Phi) is 6.77. The first-order chi connectivity index (χ1) is 10.2. The lowest BCUT2D eigenvalue weighted by atomic mass is 9.95. The number of esters is 2. The third-order valence-electron chi connectivity index (χ3n) is 3.11. The third-order valence-corrected chi connectivity index (χ3v) is 3.11. The van der Waals surface area contributed by atoms with Crippen LogP contribution >= 0.6 is 0 Å². The summed E-state index contributed by atoms with van der Waals surface area (Å²) in [7, 11) is 0. The van der Waals surface area contributed by atoms with Crippen LogP contribution < -0.4 is 0 Å². The number of ether oxygens (including phenoxy) is 2. The Morgan fingerprint density at radius 3 is 2.32 bits per heavy atom. The van der Waals surface area contributed by atoms with Gasteiger partial charge in [-0.1, -0.05) is 25.5 Å². The minimum absolute atomic E-state index is 0.0162. The van der Waals surface area contributed by atoms with Crippen LogP contribution in [0.3, 0.4) is 0 Å². The van der Waals surface area contributed by atoms with Crippen LogP contribution in [0.5, 0.6) is 0 Å². The fourth-order valence-electron chi connectivity index (χ4n) is 2.26. The number of rotatable bonds is 3. The summed E-state index contributed by atoms with van der Waals surface area (Å²) < 4.78 is 9.05. The van der Waals surface area contributed by atoms with Crippen molar-refractivity contribution < 1.29 is 29.3 Å². The molecule has 0 aliphatic carbocycles. The monoisotopic (exact) mass is 312 g/mol. The summed E-state index contributed by atoms with van der Waals surface area (Å²) in [5.74, 6) is -0.236. The molecule has 0 saturated carbocycles. The van der Waals surface area contributed by atoms with Gasteiger partial charge in [0.1, 0.15) is 0 Å². The lowest BCUT2D eigenvalue weighted by Crippen LogP contribution is -2.16. The largest absolute Gasteiger partial charge is 0.436 e. The van der Waals surface area contributed by atoms with Gasteiger partial charge in [-0.05, 0) is 26.2 Å². The maximum atomic E-state index is 10.7. The molecule has 2 aliphatic rings. The molecule has 3 unspecified atom stereocenters. The standard InChI is InChI=1S/C8H14O3.C8H10O3/c2*1-5(2)3-6-4-7(9)11-8(6)10/h5-6,8,10H,3-4H2,1-2H3;3-4,8,10H,1-2H3. The zero-order chi connectivity index (χ0) is 16.9. The molecule has 2 N–H and O–H groups in total. The summed E-state index contributed by atoms with van der Waals surface area (Å²) in [6.07, 6.45) is 2.31. The van der Waals surface area contributed by atoms with Gasteiger partial charge >= 0.3 is 11.9 Å². The molecule has 6 heteroatoms. The highest BCUT2D eigenvalue weighted by Gasteiger charge is 2.33. The molecule has 2 heterocycles. The van der Waals surface area contributed by atoms with E-state index in [2.05, 4.69) is 23.3 Å². The number of aliphatic hydroxyl groups excluding tert-OH is 2. The van der Waals surface area contributed by atoms with E-state index in [0.717, 1.165) is 12.0 Å². The minimum Gasteiger partial charge on any atom is -0.436 e. The quantitative estimate of drug-likeness (QED) is 0.770. The van der Waals surface area contributed by atoms with Gasteiger partial charge in [0.05, 0.1) is 6.42 Å². The number of allylic oxidation sites excluding steroid dienone is 1. The fraction of sp³-hybridized carbons (Fsp3) is 0.625. The lowest BCUT2D eigenvalue weighted by Gasteiger charge is -2.13. The fourth-order valence-corrected chi connectivity index (χ4v) is 2.26. The molecule has 0 amide bonds. The number of cyclic esters (lactones) is 2. The van der Waals surface area contributed by atoms with Gasteiger partial charge in [-0.15, -0.1) is 0 Å². The Morgan fingerprint density at radius 1 is 1.32 bits per heavy atom. The van der Waals surface area contributed by atoms with E-state index in [1.54, 1.807) is 6.08 Å². The van der Waals surface area contributed by atoms with Crippen LogP contribution in [0.15, 0.2) is 23.3 Å². The molecule has 2 aliphatic heterocycles. The van der Waals surface area contributed by atoms with E-state index >= 15 is 0 Å². The number of hydrogen-bond acceptors (Lipinski definition) is 6. The number of aliphatic hydroxyl groups is 2. The average Bonchev–Trinajstić information content (AvgIpc) is 2.81. The maximum Gasteiger partial charge on any atom is 0.333 e. The highest BCUT2D eigenvalue weighted by Crippen LogP contribution is 2.26. The van der Waals surface area contributed by atoms with Gasteiger partial charge in [0.2, 0.25) is 12.6 Å². The molecule has 1 fully saturated rings. The van der Waals surface area contributed by atoms with Crippen molar-refractivity contribution in [2.24, 2.45) is 11.8 Å². The molecule has 3 atom stereocenters. The van der Waals surface area contributed by atoms with Crippen molar-refractivity contribution in [1.82, 2.24) is 0 Å². The van der Waals surface area contributed by atoms with Crippen molar-refractivity contribution in [1.29, 1.82) is 0 Å². The summed E-state index contributed by atoms with van der Waals surface area (Å²) in [5.41, 5.74) is 1.55. The lowest BCUT2D eigenvalue weighted by molar-refractivity contribution is -0.156. The van der Waals surface area contributed by atoms with Gasteiger partial charge in [0, 0.05) is 17.6 Å². The van der Waals surface area contributed by atoms with Crippen LogP contribution in [0.25, 0.3) is 0 Å². The molecule has 0 aromatic rings. The predicted molar refractivity (Wildman–Crippen MR) is 79.3 cm³/mol. The van der Waals surface area contributed by atoms with Gasteiger partial charge < -0.3 is 19.7 Å². The highest BCUT2D eigenvalue weighted by atomic mass is 16.6. The number of carbonyl (C=O) groups excluding carboxylic acids is 2. The summed E-state index contributed by atoms with van der Waals surface area (Å²) in [6, 6.07) is 0. The van der Waals surface area contributed by atoms with Gasteiger partial charge in [-0.3, -0.25) is 4.79 Å². The van der Waals surface area contributed by atoms with Crippen LogP contribution in [0.1, 0.15) is 40.5 Å². The predicted octanol–water partition coefficient (Wildman–Crippen LogP) is 1.67. The molecule has 0 aromatic carbocycles. The van der Waals surface area contributed by atoms with E-state index in [1.165, 1.54) is 6.08 Å². The Hall–Kier alpha value is -1.66. The molecule has 2 rings (SSSR count). The first kappa shape index (κ1) is 18.4. The molecule has 22 heavy (non-hydrogen) atoms. The molecule has 6 nitrogen and oxygen atoms in total. The van der Waals surface area contributed by atoms with E-state index < -0.39 is 18.5 Å². The van der Waals surface area contributed by atoms with E-state index in [0.29, 0.717) is 17.9 Å². The second-order valence-electron chi connectivity index (χ2n) is 6.13. The van der Waals surface area contributed by atoms with Crippen LogP contribution in [0, 0.1) is 11.8 Å². The van der Waals surface area contributed by atoms with Crippen LogP contribution in [-0.2, 0) is 19.1 Å². The highest BCUT2D eigenvalue weighted by molar-refractivity contribution is 5.86. The minimum atomic E-state index is -1.07. The first-order valence-corrected chi connectivity index (χ1v) is 7.31. The number of hydrogen-bond donors (Lipinski definition) is 2. The average molecular weight is 312 g/mol. The van der Waals surface area contributed by atoms with E-state index in [1.807, 2.05) is 13.8 Å². The number of carbonyl (C=O) groups is 2. The molecule has 0 spiro atoms. The molecular formula is C16H24O6. The van der Waals surface area contributed by atoms with Crippen molar-refractivity contribution in [2.45, 2.75) is 53.1 Å². The SMILES string of the molecule is CC(C)=CC1=CC(=O)OC1O.CC(C)CC1CC(=O)OC1O. The third kappa shape index (κ3) is 5.99. The Balaban J connectivity index is 0.000000220. The second kappa shape index (κ2) is 8.10. The van der Waals surface area contributed by atoms with Gasteiger partial charge in [0.25, 0.3) is 0 Å². The van der Waals surface area contributed by atoms with Crippen molar-refractivity contribution in [2.75, 3.05) is 0 Å². The van der Waals surface area contributed by atoms with Crippen LogP contribution in [0.2, 0.25) is 0 Å². The molecular weight excluding hydrogens is 288 g/mol. The Bertz CT molecular complexity index is 473. The van der Waals surface area contributed by atoms with Crippen molar-refractivity contribution >= 4 is 11.9 Å². The van der Waals surface area contributed by atoms with Gasteiger partial charge in [-0.2, -0.15) is 0 Å². The van der Waals surface area contributed by atoms with Gasteiger partial charge in [-0.25, -0.2) is 4.79 Å². The summed E-state index contributed by atoms with van der Waals surface area (Å²) >= 11 is 0. The van der Waals surface area contributed by atoms with E-state index in [9.17, 15) is 9.59 Å². The smallest absolute Gasteiger partial charge is 0.333 e. The van der Waals surface area contributed by atoms with Crippen LogP contribution in [0.4, 0.5) is 0 Å². The van der Waals surface area contributed by atoms with E-state index in [4.69, 9.17) is 10.2 Å². The van der Waals surface area contributed by atoms with Crippen molar-refractivity contribution in [3.8, 4) is 0 Å². The molecule has 0 aromatic heterocycles. The summed E-state index contributed by atoms with van der Waals surface area (Å²) in [5, 5.41) is 18.2.